The third-order valence-corrected chi connectivity index (χ3v) is 4.99. The van der Waals surface area contributed by atoms with Gasteiger partial charge in [0.25, 0.3) is 0 Å². The first-order chi connectivity index (χ1) is 11.8. The van der Waals surface area contributed by atoms with E-state index in [1.807, 2.05) is 12.1 Å². The zero-order valence-electron chi connectivity index (χ0n) is 14.3. The normalized spacial score (nSPS) is 16.2. The molecule has 0 saturated carbocycles. The van der Waals surface area contributed by atoms with Gasteiger partial charge >= 0.3 is 0 Å². The Kier molecular flexibility index (Phi) is 6.13. The highest BCUT2D eigenvalue weighted by molar-refractivity contribution is 5.47. The molecule has 1 fully saturated rings. The third kappa shape index (κ3) is 5.27. The summed E-state index contributed by atoms with van der Waals surface area (Å²) in [6.07, 6.45) is 4.97. The molecule has 1 aliphatic heterocycles. The fraction of sp³-hybridized carbons (Fsp3) is 0.429. The van der Waals surface area contributed by atoms with Crippen LogP contribution in [-0.4, -0.2) is 36.2 Å². The molecule has 0 spiro atoms. The van der Waals surface area contributed by atoms with Gasteiger partial charge in [0, 0.05) is 24.8 Å². The second kappa shape index (κ2) is 8.74. The first kappa shape index (κ1) is 16.8. The quantitative estimate of drug-likeness (QED) is 0.803. The predicted molar refractivity (Wildman–Crippen MR) is 101 cm³/mol. The van der Waals surface area contributed by atoms with Crippen molar-refractivity contribution < 1.29 is 5.11 Å². The van der Waals surface area contributed by atoms with Crippen molar-refractivity contribution in [2.24, 2.45) is 5.92 Å². The lowest BCUT2D eigenvalue weighted by atomic mass is 9.93. The molecule has 1 saturated heterocycles. The van der Waals surface area contributed by atoms with Gasteiger partial charge in [-0.25, -0.2) is 0 Å². The van der Waals surface area contributed by atoms with Crippen LogP contribution < -0.4 is 5.32 Å². The number of nitrogens with zero attached hydrogens (tertiary/aromatic N) is 1. The van der Waals surface area contributed by atoms with Crippen LogP contribution in [-0.2, 0) is 6.42 Å². The molecule has 128 valence electrons. The van der Waals surface area contributed by atoms with E-state index in [0.717, 1.165) is 24.6 Å². The Bertz CT molecular complexity index is 606. The van der Waals surface area contributed by atoms with E-state index in [9.17, 15) is 5.11 Å². The van der Waals surface area contributed by atoms with Crippen LogP contribution in [0.15, 0.2) is 54.6 Å². The van der Waals surface area contributed by atoms with Gasteiger partial charge in [-0.1, -0.05) is 36.4 Å². The van der Waals surface area contributed by atoms with E-state index in [1.165, 1.54) is 44.5 Å². The molecule has 0 amide bonds. The maximum Gasteiger partial charge on any atom is 0.117 e. The van der Waals surface area contributed by atoms with Crippen LogP contribution in [0.4, 0.5) is 5.69 Å². The molecule has 2 aromatic rings. The minimum Gasteiger partial charge on any atom is -0.508 e. The summed E-state index contributed by atoms with van der Waals surface area (Å²) < 4.78 is 0. The van der Waals surface area contributed by atoms with E-state index in [-0.39, 0.29) is 0 Å². The van der Waals surface area contributed by atoms with Gasteiger partial charge < -0.3 is 15.3 Å². The van der Waals surface area contributed by atoms with Crippen LogP contribution in [0.25, 0.3) is 0 Å². The molecule has 0 radical (unpaired) electrons. The largest absolute Gasteiger partial charge is 0.508 e. The number of piperidine rings is 1. The van der Waals surface area contributed by atoms with Crippen molar-refractivity contribution >= 4 is 5.69 Å². The average molecular weight is 324 g/mol. The van der Waals surface area contributed by atoms with Gasteiger partial charge in [0.1, 0.15) is 5.75 Å². The highest BCUT2D eigenvalue weighted by Gasteiger charge is 2.18. The summed E-state index contributed by atoms with van der Waals surface area (Å²) in [5.41, 5.74) is 2.45. The molecule has 3 nitrogen and oxygen atoms in total. The van der Waals surface area contributed by atoms with Crippen LogP contribution in [0.3, 0.4) is 0 Å². The van der Waals surface area contributed by atoms with E-state index in [0.29, 0.717) is 5.75 Å². The lowest BCUT2D eigenvalue weighted by Crippen LogP contribution is -2.35. The summed E-state index contributed by atoms with van der Waals surface area (Å²) in [5, 5.41) is 12.9. The number of phenolic OH excluding ortho intramolecular Hbond substituents is 1. The van der Waals surface area contributed by atoms with Crippen molar-refractivity contribution in [3.63, 3.8) is 0 Å². The Balaban J connectivity index is 1.32. The SMILES string of the molecule is Oc1cccc(NCCC2CCN(CCc3ccccc3)CC2)c1. The topological polar surface area (TPSA) is 35.5 Å². The van der Waals surface area contributed by atoms with Gasteiger partial charge in [0.15, 0.2) is 0 Å². The van der Waals surface area contributed by atoms with Crippen molar-refractivity contribution in [1.82, 2.24) is 4.90 Å². The van der Waals surface area contributed by atoms with Crippen LogP contribution in [0, 0.1) is 5.92 Å². The minimum atomic E-state index is 0.326. The lowest BCUT2D eigenvalue weighted by molar-refractivity contribution is 0.183. The highest BCUT2D eigenvalue weighted by atomic mass is 16.3. The third-order valence-electron chi connectivity index (χ3n) is 4.99. The predicted octanol–water partition coefficient (Wildman–Crippen LogP) is 4.15. The fourth-order valence-electron chi connectivity index (χ4n) is 3.47. The van der Waals surface area contributed by atoms with E-state index in [2.05, 4.69) is 40.5 Å². The second-order valence-corrected chi connectivity index (χ2v) is 6.79. The number of benzene rings is 2. The average Bonchev–Trinajstić information content (AvgIpc) is 2.62. The van der Waals surface area contributed by atoms with Gasteiger partial charge in [-0.05, 0) is 62.4 Å². The number of anilines is 1. The molecule has 0 aromatic heterocycles. The lowest BCUT2D eigenvalue weighted by Gasteiger charge is -2.32. The molecule has 2 aromatic carbocycles. The van der Waals surface area contributed by atoms with Crippen molar-refractivity contribution in [3.05, 3.63) is 60.2 Å². The molecule has 0 atom stereocenters. The maximum atomic E-state index is 9.48. The molecule has 0 aliphatic carbocycles. The number of aromatic hydroxyl groups is 1. The van der Waals surface area contributed by atoms with E-state index >= 15 is 0 Å². The fourth-order valence-corrected chi connectivity index (χ4v) is 3.47. The standard InChI is InChI=1S/C21H28N2O/c24-21-8-4-7-20(17-21)22-13-9-19-11-15-23(16-12-19)14-10-18-5-2-1-3-6-18/h1-8,17,19,22,24H,9-16H2. The molecule has 24 heavy (non-hydrogen) atoms. The highest BCUT2D eigenvalue weighted by Crippen LogP contribution is 2.21. The van der Waals surface area contributed by atoms with Gasteiger partial charge in [0.05, 0.1) is 0 Å². The number of hydrogen-bond donors (Lipinski definition) is 2. The number of likely N-dealkylation sites (tertiary alicyclic amines) is 1. The van der Waals surface area contributed by atoms with Crippen molar-refractivity contribution in [3.8, 4) is 5.75 Å². The van der Waals surface area contributed by atoms with E-state index < -0.39 is 0 Å². The monoisotopic (exact) mass is 324 g/mol. The Morgan fingerprint density at radius 2 is 1.79 bits per heavy atom. The minimum absolute atomic E-state index is 0.326. The summed E-state index contributed by atoms with van der Waals surface area (Å²) in [4.78, 5) is 2.60. The molecular weight excluding hydrogens is 296 g/mol. The number of hydrogen-bond acceptors (Lipinski definition) is 3. The van der Waals surface area contributed by atoms with Crippen LogP contribution in [0.1, 0.15) is 24.8 Å². The van der Waals surface area contributed by atoms with Crippen LogP contribution in [0.5, 0.6) is 5.75 Å². The van der Waals surface area contributed by atoms with Crippen molar-refractivity contribution in [2.45, 2.75) is 25.7 Å². The van der Waals surface area contributed by atoms with Gasteiger partial charge in [0.2, 0.25) is 0 Å². The van der Waals surface area contributed by atoms with Gasteiger partial charge in [-0.3, -0.25) is 0 Å². The molecule has 1 heterocycles. The summed E-state index contributed by atoms with van der Waals surface area (Å²) >= 11 is 0. The van der Waals surface area contributed by atoms with Crippen molar-refractivity contribution in [2.75, 3.05) is 31.5 Å². The van der Waals surface area contributed by atoms with Crippen LogP contribution >= 0.6 is 0 Å². The molecule has 2 N–H and O–H groups in total. The summed E-state index contributed by atoms with van der Waals surface area (Å²) in [7, 11) is 0. The summed E-state index contributed by atoms with van der Waals surface area (Å²) in [5.74, 6) is 1.15. The number of nitrogens with one attached hydrogen (secondary N) is 1. The summed E-state index contributed by atoms with van der Waals surface area (Å²) in [6.45, 7) is 4.61. The molecule has 3 rings (SSSR count). The Morgan fingerprint density at radius 3 is 2.54 bits per heavy atom. The van der Waals surface area contributed by atoms with Crippen LogP contribution in [0.2, 0.25) is 0 Å². The smallest absolute Gasteiger partial charge is 0.117 e. The van der Waals surface area contributed by atoms with E-state index in [4.69, 9.17) is 0 Å². The maximum absolute atomic E-state index is 9.48. The molecule has 1 aliphatic rings. The first-order valence-electron chi connectivity index (χ1n) is 9.09. The second-order valence-electron chi connectivity index (χ2n) is 6.79. The Morgan fingerprint density at radius 1 is 1.00 bits per heavy atom. The van der Waals surface area contributed by atoms with E-state index in [1.54, 1.807) is 12.1 Å². The van der Waals surface area contributed by atoms with Crippen molar-refractivity contribution in [1.29, 1.82) is 0 Å². The zero-order valence-corrected chi connectivity index (χ0v) is 14.3. The van der Waals surface area contributed by atoms with Gasteiger partial charge in [-0.2, -0.15) is 0 Å². The first-order valence-corrected chi connectivity index (χ1v) is 9.09. The Labute approximate surface area is 145 Å². The summed E-state index contributed by atoms with van der Waals surface area (Å²) in [6, 6.07) is 18.2. The molecule has 0 unspecified atom stereocenters. The number of rotatable bonds is 7. The number of phenols is 1. The Hall–Kier alpha value is -2.00. The molecule has 0 bridgehead atoms. The molecule has 3 heteroatoms. The van der Waals surface area contributed by atoms with Gasteiger partial charge in [-0.15, -0.1) is 0 Å². The molecular formula is C21H28N2O. The zero-order chi connectivity index (χ0) is 16.6.